The fourth-order valence-electron chi connectivity index (χ4n) is 2.54. The Morgan fingerprint density at radius 1 is 1.39 bits per heavy atom. The minimum atomic E-state index is -0.539. The lowest BCUT2D eigenvalue weighted by molar-refractivity contribution is 0.0185. The van der Waals surface area contributed by atoms with Crippen LogP contribution in [-0.4, -0.2) is 37.4 Å². The lowest BCUT2D eigenvalue weighted by atomic mass is 9.91. The first-order valence-electron chi connectivity index (χ1n) is 6.42. The Bertz CT molecular complexity index is 414. The van der Waals surface area contributed by atoms with Crippen LogP contribution in [0.3, 0.4) is 0 Å². The third kappa shape index (κ3) is 3.05. The van der Waals surface area contributed by atoms with Crippen molar-refractivity contribution in [1.29, 1.82) is 0 Å². The smallest absolute Gasteiger partial charge is 0.0805 e. The number of rotatable bonds is 3. The van der Waals surface area contributed by atoms with Gasteiger partial charge in [0, 0.05) is 24.1 Å². The van der Waals surface area contributed by atoms with Crippen LogP contribution in [-0.2, 0) is 0 Å². The third-order valence-electron chi connectivity index (χ3n) is 3.64. The van der Waals surface area contributed by atoms with Crippen LogP contribution in [0.25, 0.3) is 0 Å². The van der Waals surface area contributed by atoms with Crippen molar-refractivity contribution in [3.63, 3.8) is 0 Å². The molecule has 2 N–H and O–H groups in total. The molecule has 100 valence electrons. The first-order chi connectivity index (χ1) is 8.54. The lowest BCUT2D eigenvalue weighted by Gasteiger charge is -2.39. The molecule has 1 aliphatic heterocycles. The molecule has 4 heteroatoms. The molecule has 0 unspecified atom stereocenters. The van der Waals surface area contributed by atoms with E-state index >= 15 is 0 Å². The van der Waals surface area contributed by atoms with E-state index in [-0.39, 0.29) is 0 Å². The number of aryl methyl sites for hydroxylation is 1. The molecule has 3 nitrogen and oxygen atoms in total. The fraction of sp³-hybridized carbons (Fsp3) is 0.571. The Hall–Kier alpha value is -0.580. The van der Waals surface area contributed by atoms with Crippen molar-refractivity contribution in [2.75, 3.05) is 31.6 Å². The highest BCUT2D eigenvalue weighted by Crippen LogP contribution is 2.31. The first-order valence-corrected chi connectivity index (χ1v) is 7.21. The summed E-state index contributed by atoms with van der Waals surface area (Å²) in [5, 5.41) is 13.4. The van der Waals surface area contributed by atoms with E-state index in [1.807, 2.05) is 7.05 Å². The Kier molecular flexibility index (Phi) is 4.30. The molecule has 0 saturated carbocycles. The normalized spacial score (nSPS) is 19.0. The molecule has 2 rings (SSSR count). The number of piperidine rings is 1. The maximum absolute atomic E-state index is 10.3. The molecule has 1 aliphatic rings. The average molecular weight is 313 g/mol. The molecule has 1 fully saturated rings. The van der Waals surface area contributed by atoms with Gasteiger partial charge < -0.3 is 15.3 Å². The van der Waals surface area contributed by atoms with Crippen LogP contribution in [0.5, 0.6) is 0 Å². The predicted octanol–water partition coefficient (Wildman–Crippen LogP) is 2.31. The van der Waals surface area contributed by atoms with Crippen LogP contribution in [0.1, 0.15) is 18.4 Å². The molecule has 0 radical (unpaired) electrons. The van der Waals surface area contributed by atoms with Gasteiger partial charge in [-0.2, -0.15) is 0 Å². The van der Waals surface area contributed by atoms with Crippen molar-refractivity contribution in [2.24, 2.45) is 0 Å². The Morgan fingerprint density at radius 2 is 2.06 bits per heavy atom. The molecule has 0 amide bonds. The SMILES string of the molecule is CNCC1(O)CCN(c2ccc(C)cc2Br)CC1. The minimum absolute atomic E-state index is 0.539. The summed E-state index contributed by atoms with van der Waals surface area (Å²) in [5.41, 5.74) is 1.95. The molecule has 0 atom stereocenters. The number of aliphatic hydroxyl groups is 1. The van der Waals surface area contributed by atoms with E-state index in [9.17, 15) is 5.11 Å². The van der Waals surface area contributed by atoms with Gasteiger partial charge in [-0.3, -0.25) is 0 Å². The number of benzene rings is 1. The number of hydrogen-bond acceptors (Lipinski definition) is 3. The molecule has 1 aromatic carbocycles. The molecule has 0 spiro atoms. The first kappa shape index (κ1) is 13.8. The number of halogens is 1. The van der Waals surface area contributed by atoms with Gasteiger partial charge in [0.05, 0.1) is 11.3 Å². The quantitative estimate of drug-likeness (QED) is 0.899. The Labute approximate surface area is 117 Å². The maximum atomic E-state index is 10.3. The second-order valence-electron chi connectivity index (χ2n) is 5.20. The summed E-state index contributed by atoms with van der Waals surface area (Å²) in [5.74, 6) is 0. The zero-order valence-electron chi connectivity index (χ0n) is 11.0. The van der Waals surface area contributed by atoms with Crippen molar-refractivity contribution >= 4 is 21.6 Å². The van der Waals surface area contributed by atoms with E-state index in [4.69, 9.17) is 0 Å². The molecule has 1 saturated heterocycles. The lowest BCUT2D eigenvalue weighted by Crippen LogP contribution is -2.49. The van der Waals surface area contributed by atoms with Crippen LogP contribution in [0.4, 0.5) is 5.69 Å². The monoisotopic (exact) mass is 312 g/mol. The van der Waals surface area contributed by atoms with Gasteiger partial charge in [-0.1, -0.05) is 6.07 Å². The summed E-state index contributed by atoms with van der Waals surface area (Å²) < 4.78 is 1.14. The van der Waals surface area contributed by atoms with Gasteiger partial charge in [0.25, 0.3) is 0 Å². The van der Waals surface area contributed by atoms with Crippen molar-refractivity contribution in [3.05, 3.63) is 28.2 Å². The second kappa shape index (κ2) is 5.59. The molecule has 0 aromatic heterocycles. The third-order valence-corrected chi connectivity index (χ3v) is 4.28. The highest BCUT2D eigenvalue weighted by molar-refractivity contribution is 9.10. The molecular weight excluding hydrogens is 292 g/mol. The van der Waals surface area contributed by atoms with Gasteiger partial charge in [-0.05, 0) is 60.4 Å². The standard InChI is InChI=1S/C14H21BrN2O/c1-11-3-4-13(12(15)9-11)17-7-5-14(18,6-8-17)10-16-2/h3-4,9,16,18H,5-8,10H2,1-2H3. The number of nitrogens with one attached hydrogen (secondary N) is 1. The number of likely N-dealkylation sites (N-methyl/N-ethyl adjacent to an activating group) is 1. The molecule has 0 aliphatic carbocycles. The van der Waals surface area contributed by atoms with Gasteiger partial charge in [-0.25, -0.2) is 0 Å². The summed E-state index contributed by atoms with van der Waals surface area (Å²) in [6.45, 7) is 4.58. The van der Waals surface area contributed by atoms with Crippen molar-refractivity contribution in [1.82, 2.24) is 5.32 Å². The van der Waals surface area contributed by atoms with E-state index in [0.29, 0.717) is 6.54 Å². The second-order valence-corrected chi connectivity index (χ2v) is 6.05. The van der Waals surface area contributed by atoms with E-state index in [1.54, 1.807) is 0 Å². The zero-order valence-corrected chi connectivity index (χ0v) is 12.6. The van der Waals surface area contributed by atoms with E-state index in [0.717, 1.165) is 30.4 Å². The van der Waals surface area contributed by atoms with E-state index in [2.05, 4.69) is 51.3 Å². The number of nitrogens with zero attached hydrogens (tertiary/aromatic N) is 1. The minimum Gasteiger partial charge on any atom is -0.388 e. The van der Waals surface area contributed by atoms with Crippen molar-refractivity contribution in [3.8, 4) is 0 Å². The van der Waals surface area contributed by atoms with Gasteiger partial charge in [0.1, 0.15) is 0 Å². The molecule has 18 heavy (non-hydrogen) atoms. The van der Waals surface area contributed by atoms with Crippen LogP contribution >= 0.6 is 15.9 Å². The van der Waals surface area contributed by atoms with Gasteiger partial charge in [0.15, 0.2) is 0 Å². The van der Waals surface area contributed by atoms with Crippen LogP contribution < -0.4 is 10.2 Å². The molecule has 0 bridgehead atoms. The van der Waals surface area contributed by atoms with Crippen LogP contribution in [0.2, 0.25) is 0 Å². The average Bonchev–Trinajstić information content (AvgIpc) is 2.31. The molecule has 1 heterocycles. The van der Waals surface area contributed by atoms with Crippen molar-refractivity contribution < 1.29 is 5.11 Å². The van der Waals surface area contributed by atoms with E-state index in [1.165, 1.54) is 11.3 Å². The summed E-state index contributed by atoms with van der Waals surface area (Å²) in [6.07, 6.45) is 1.63. The summed E-state index contributed by atoms with van der Waals surface area (Å²) >= 11 is 3.63. The topological polar surface area (TPSA) is 35.5 Å². The van der Waals surface area contributed by atoms with E-state index < -0.39 is 5.60 Å². The number of hydrogen-bond donors (Lipinski definition) is 2. The van der Waals surface area contributed by atoms with Crippen LogP contribution in [0.15, 0.2) is 22.7 Å². The zero-order chi connectivity index (χ0) is 13.2. The van der Waals surface area contributed by atoms with Gasteiger partial charge in [-0.15, -0.1) is 0 Å². The summed E-state index contributed by atoms with van der Waals surface area (Å²) in [7, 11) is 1.89. The highest BCUT2D eigenvalue weighted by Gasteiger charge is 2.31. The predicted molar refractivity (Wildman–Crippen MR) is 79.2 cm³/mol. The largest absolute Gasteiger partial charge is 0.388 e. The van der Waals surface area contributed by atoms with Gasteiger partial charge in [0.2, 0.25) is 0 Å². The maximum Gasteiger partial charge on any atom is 0.0805 e. The Morgan fingerprint density at radius 3 is 2.61 bits per heavy atom. The Balaban J connectivity index is 2.05. The van der Waals surface area contributed by atoms with Crippen LogP contribution in [0, 0.1) is 6.92 Å². The van der Waals surface area contributed by atoms with Crippen molar-refractivity contribution in [2.45, 2.75) is 25.4 Å². The highest BCUT2D eigenvalue weighted by atomic mass is 79.9. The molecular formula is C14H21BrN2O. The summed E-state index contributed by atoms with van der Waals surface area (Å²) in [6, 6.07) is 6.43. The summed E-state index contributed by atoms with van der Waals surface area (Å²) in [4.78, 5) is 2.34. The molecule has 1 aromatic rings. The number of anilines is 1. The fourth-order valence-corrected chi connectivity index (χ4v) is 3.28. The van der Waals surface area contributed by atoms with Gasteiger partial charge >= 0.3 is 0 Å².